The zero-order valence-corrected chi connectivity index (χ0v) is 15.2. The molecule has 20 heavy (non-hydrogen) atoms. The van der Waals surface area contributed by atoms with Gasteiger partial charge in [0.25, 0.3) is 5.91 Å². The number of benzene rings is 1. The van der Waals surface area contributed by atoms with Crippen LogP contribution >= 0.6 is 47.8 Å². The molecule has 0 bridgehead atoms. The molecule has 0 aliphatic rings. The molecular weight excluding hydrogens is 456 g/mol. The highest BCUT2D eigenvalue weighted by Gasteiger charge is 2.18. The van der Waals surface area contributed by atoms with Crippen LogP contribution in [0, 0.1) is 0 Å². The van der Waals surface area contributed by atoms with Gasteiger partial charge >= 0.3 is 0 Å². The molecule has 5 nitrogen and oxygen atoms in total. The fourth-order valence-electron chi connectivity index (χ4n) is 1.66. The van der Waals surface area contributed by atoms with Crippen LogP contribution < -0.4 is 11.1 Å². The minimum atomic E-state index is -0.359. The van der Waals surface area contributed by atoms with Crippen LogP contribution in [-0.4, -0.2) is 16.1 Å². The van der Waals surface area contributed by atoms with Gasteiger partial charge < -0.3 is 11.1 Å². The molecule has 0 unspecified atom stereocenters. The van der Waals surface area contributed by atoms with Crippen LogP contribution in [0.15, 0.2) is 25.6 Å². The van der Waals surface area contributed by atoms with Gasteiger partial charge in [-0.1, -0.05) is 22.9 Å². The second-order valence-corrected chi connectivity index (χ2v) is 6.64. The summed E-state index contributed by atoms with van der Waals surface area (Å²) in [6.45, 7) is 1.94. The Kier molecular flexibility index (Phi) is 4.87. The first-order chi connectivity index (χ1) is 9.43. The molecule has 0 aliphatic carbocycles. The summed E-state index contributed by atoms with van der Waals surface area (Å²) in [6, 6.07) is 3.68. The van der Waals surface area contributed by atoms with E-state index in [0.717, 1.165) is 19.1 Å². The lowest BCUT2D eigenvalue weighted by molar-refractivity contribution is 0.102. The normalized spacial score (nSPS) is 10.6. The number of rotatable bonds is 3. The van der Waals surface area contributed by atoms with Crippen molar-refractivity contribution in [2.75, 3.05) is 11.1 Å². The summed E-state index contributed by atoms with van der Waals surface area (Å²) in [5.74, 6) is -0.359. The van der Waals surface area contributed by atoms with E-state index >= 15 is 0 Å². The van der Waals surface area contributed by atoms with Crippen LogP contribution in [0.5, 0.6) is 0 Å². The second kappa shape index (κ2) is 6.28. The summed E-state index contributed by atoms with van der Waals surface area (Å²) in [5, 5.41) is 9.50. The lowest BCUT2D eigenvalue weighted by Gasteiger charge is -2.09. The Balaban J connectivity index is 2.30. The van der Waals surface area contributed by atoms with E-state index in [-0.39, 0.29) is 11.6 Å². The third-order valence-corrected chi connectivity index (χ3v) is 4.41. The van der Waals surface area contributed by atoms with Crippen molar-refractivity contribution in [3.05, 3.63) is 36.9 Å². The fourth-order valence-corrected chi connectivity index (χ4v) is 4.12. The Labute approximate surface area is 141 Å². The predicted octanol–water partition coefficient (Wildman–Crippen LogP) is 4.09. The van der Waals surface area contributed by atoms with Crippen molar-refractivity contribution in [2.24, 2.45) is 0 Å². The molecule has 1 aromatic carbocycles. The molecular formula is C12H11Br3N4O. The van der Waals surface area contributed by atoms with Crippen molar-refractivity contribution in [1.82, 2.24) is 10.2 Å². The summed E-state index contributed by atoms with van der Waals surface area (Å²) < 4.78 is 2.38. The Morgan fingerprint density at radius 3 is 2.45 bits per heavy atom. The zero-order chi connectivity index (χ0) is 14.9. The number of aromatic nitrogens is 2. The van der Waals surface area contributed by atoms with Crippen molar-refractivity contribution in [3.8, 4) is 0 Å². The number of nitrogens with two attached hydrogens (primary N) is 1. The van der Waals surface area contributed by atoms with Crippen molar-refractivity contribution in [3.63, 3.8) is 0 Å². The summed E-state index contributed by atoms with van der Waals surface area (Å²) in [6.07, 6.45) is 0.692. The molecule has 4 N–H and O–H groups in total. The van der Waals surface area contributed by atoms with E-state index in [9.17, 15) is 4.79 Å². The Morgan fingerprint density at radius 2 is 1.95 bits per heavy atom. The number of aromatic amines is 1. The molecule has 2 aromatic rings. The van der Waals surface area contributed by atoms with Gasteiger partial charge in [0.2, 0.25) is 0 Å². The molecule has 1 amide bonds. The van der Waals surface area contributed by atoms with E-state index < -0.39 is 0 Å². The number of hydrogen-bond donors (Lipinski definition) is 3. The predicted molar refractivity (Wildman–Crippen MR) is 89.9 cm³/mol. The van der Waals surface area contributed by atoms with Gasteiger partial charge in [-0.15, -0.1) is 0 Å². The molecule has 0 saturated heterocycles. The third-order valence-electron chi connectivity index (χ3n) is 2.70. The number of H-pyrrole nitrogens is 1. The Morgan fingerprint density at radius 1 is 1.35 bits per heavy atom. The molecule has 1 heterocycles. The third kappa shape index (κ3) is 3.07. The average Bonchev–Trinajstić information content (AvgIpc) is 2.74. The molecule has 0 fully saturated rings. The molecule has 8 heteroatoms. The largest absolute Gasteiger partial charge is 0.395 e. The van der Waals surface area contributed by atoms with Crippen molar-refractivity contribution >= 4 is 65.1 Å². The molecule has 106 valence electrons. The number of nitrogens with zero attached hydrogens (tertiary/aromatic N) is 1. The quantitative estimate of drug-likeness (QED) is 0.637. The molecule has 0 atom stereocenters. The molecule has 1 aromatic heterocycles. The highest BCUT2D eigenvalue weighted by Crippen LogP contribution is 2.34. The van der Waals surface area contributed by atoms with Crippen LogP contribution in [0.4, 0.5) is 11.4 Å². The second-order valence-electron chi connectivity index (χ2n) is 4.02. The van der Waals surface area contributed by atoms with E-state index in [4.69, 9.17) is 5.73 Å². The van der Waals surface area contributed by atoms with Crippen molar-refractivity contribution in [1.29, 1.82) is 0 Å². The first-order valence-electron chi connectivity index (χ1n) is 5.72. The number of hydrogen-bond acceptors (Lipinski definition) is 3. The SMILES string of the molecule is CCc1[nH]nc(C(=O)Nc2c(Br)cc(Br)cc2Br)c1N. The van der Waals surface area contributed by atoms with Gasteiger partial charge in [-0.25, -0.2) is 0 Å². The lowest BCUT2D eigenvalue weighted by atomic mass is 10.2. The molecule has 0 radical (unpaired) electrons. The standard InChI is InChI=1S/C12H11Br3N4O/c1-2-8-9(16)11(19-18-8)12(20)17-10-6(14)3-5(13)4-7(10)15/h3-4H,2,16H2,1H3,(H,17,20)(H,18,19). The maximum Gasteiger partial charge on any atom is 0.278 e. The minimum Gasteiger partial charge on any atom is -0.395 e. The average molecular weight is 467 g/mol. The van der Waals surface area contributed by atoms with E-state index in [1.807, 2.05) is 19.1 Å². The Bertz CT molecular complexity index is 646. The number of halogens is 3. The lowest BCUT2D eigenvalue weighted by Crippen LogP contribution is -2.15. The summed E-state index contributed by atoms with van der Waals surface area (Å²) in [4.78, 5) is 12.2. The van der Waals surface area contributed by atoms with Gasteiger partial charge in [-0.2, -0.15) is 5.10 Å². The summed E-state index contributed by atoms with van der Waals surface area (Å²) in [5.41, 5.74) is 7.84. The minimum absolute atomic E-state index is 0.198. The highest BCUT2D eigenvalue weighted by atomic mass is 79.9. The van der Waals surface area contributed by atoms with Crippen LogP contribution in [0.2, 0.25) is 0 Å². The number of nitrogen functional groups attached to an aromatic ring is 1. The van der Waals surface area contributed by atoms with Crippen LogP contribution in [0.1, 0.15) is 23.1 Å². The van der Waals surface area contributed by atoms with Gasteiger partial charge in [-0.05, 0) is 50.4 Å². The number of carbonyl (C=O) groups is 1. The number of aryl methyl sites for hydroxylation is 1. The number of carbonyl (C=O) groups excluding carboxylic acids is 1. The molecule has 0 spiro atoms. The van der Waals surface area contributed by atoms with Crippen molar-refractivity contribution < 1.29 is 4.79 Å². The molecule has 2 rings (SSSR count). The summed E-state index contributed by atoms with van der Waals surface area (Å²) >= 11 is 10.2. The van der Waals surface area contributed by atoms with Gasteiger partial charge in [0.1, 0.15) is 0 Å². The van der Waals surface area contributed by atoms with Crippen molar-refractivity contribution in [2.45, 2.75) is 13.3 Å². The van der Waals surface area contributed by atoms with E-state index in [0.29, 0.717) is 17.8 Å². The molecule has 0 aliphatic heterocycles. The van der Waals surface area contributed by atoms with Gasteiger partial charge in [0.05, 0.1) is 17.1 Å². The zero-order valence-electron chi connectivity index (χ0n) is 10.4. The topological polar surface area (TPSA) is 83.8 Å². The maximum atomic E-state index is 12.2. The van der Waals surface area contributed by atoms with E-state index in [1.54, 1.807) is 0 Å². The maximum absolute atomic E-state index is 12.2. The summed E-state index contributed by atoms with van der Waals surface area (Å²) in [7, 11) is 0. The number of amides is 1. The van der Waals surface area contributed by atoms with Gasteiger partial charge in [0, 0.05) is 13.4 Å². The monoisotopic (exact) mass is 464 g/mol. The number of nitrogens with one attached hydrogen (secondary N) is 2. The van der Waals surface area contributed by atoms with E-state index in [1.165, 1.54) is 0 Å². The smallest absolute Gasteiger partial charge is 0.278 e. The molecule has 0 saturated carbocycles. The van der Waals surface area contributed by atoms with Crippen LogP contribution in [0.3, 0.4) is 0 Å². The first kappa shape index (κ1) is 15.5. The van der Waals surface area contributed by atoms with E-state index in [2.05, 4.69) is 63.3 Å². The van der Waals surface area contributed by atoms with Crippen LogP contribution in [-0.2, 0) is 6.42 Å². The van der Waals surface area contributed by atoms with Crippen LogP contribution in [0.25, 0.3) is 0 Å². The first-order valence-corrected chi connectivity index (χ1v) is 8.10. The Hall–Kier alpha value is -0.860. The number of anilines is 2. The highest BCUT2D eigenvalue weighted by molar-refractivity contribution is 9.11. The van der Waals surface area contributed by atoms with Gasteiger partial charge in [-0.3, -0.25) is 9.89 Å². The fraction of sp³-hybridized carbons (Fsp3) is 0.167. The van der Waals surface area contributed by atoms with Gasteiger partial charge in [0.15, 0.2) is 5.69 Å².